The van der Waals surface area contributed by atoms with Gasteiger partial charge in [-0.1, -0.05) is 26.8 Å². The number of rotatable bonds is 1. The topological polar surface area (TPSA) is 25.2 Å². The maximum absolute atomic E-state index is 4.52. The minimum atomic E-state index is 0.146. The summed E-state index contributed by atoms with van der Waals surface area (Å²) in [5.41, 5.74) is 3.33. The van der Waals surface area contributed by atoms with Crippen LogP contribution in [0.15, 0.2) is 29.4 Å². The molecule has 1 atom stereocenters. The van der Waals surface area contributed by atoms with Crippen molar-refractivity contribution < 1.29 is 0 Å². The van der Waals surface area contributed by atoms with E-state index >= 15 is 0 Å². The van der Waals surface area contributed by atoms with Crippen LogP contribution in [0.3, 0.4) is 0 Å². The lowest BCUT2D eigenvalue weighted by Gasteiger charge is -2.28. The minimum Gasteiger partial charge on any atom is -0.259 e. The molecule has 1 aliphatic heterocycles. The van der Waals surface area contributed by atoms with Gasteiger partial charge in [0.15, 0.2) is 0 Å². The molecule has 1 unspecified atom stereocenters. The Morgan fingerprint density at radius 1 is 1.31 bits per heavy atom. The van der Waals surface area contributed by atoms with Crippen molar-refractivity contribution in [1.29, 1.82) is 0 Å². The van der Waals surface area contributed by atoms with Gasteiger partial charge < -0.3 is 0 Å². The van der Waals surface area contributed by atoms with E-state index in [2.05, 4.69) is 49.8 Å². The van der Waals surface area contributed by atoms with E-state index in [1.807, 2.05) is 18.5 Å². The quantitative estimate of drug-likeness (QED) is 0.702. The highest BCUT2D eigenvalue weighted by atomic mass is 14.8. The van der Waals surface area contributed by atoms with Gasteiger partial charge in [-0.05, 0) is 30.5 Å². The minimum absolute atomic E-state index is 0.146. The van der Waals surface area contributed by atoms with Gasteiger partial charge in [0.25, 0.3) is 0 Å². The van der Waals surface area contributed by atoms with Gasteiger partial charge in [0.05, 0.1) is 11.4 Å². The highest BCUT2D eigenvalue weighted by Gasteiger charge is 2.26. The Balaban J connectivity index is 2.35. The zero-order valence-electron chi connectivity index (χ0n) is 10.4. The van der Waals surface area contributed by atoms with E-state index in [0.29, 0.717) is 5.92 Å². The van der Waals surface area contributed by atoms with Crippen LogP contribution in [0.25, 0.3) is 5.70 Å². The number of aryl methyl sites for hydroxylation is 1. The predicted molar refractivity (Wildman–Crippen MR) is 68.4 cm³/mol. The number of nitrogens with zero attached hydrogens (tertiary/aromatic N) is 2. The molecule has 84 valence electrons. The van der Waals surface area contributed by atoms with Crippen LogP contribution in [-0.4, -0.2) is 11.2 Å². The smallest absolute Gasteiger partial charge is 0.0885 e. The van der Waals surface area contributed by atoms with Gasteiger partial charge >= 0.3 is 0 Å². The van der Waals surface area contributed by atoms with Crippen molar-refractivity contribution in [2.45, 2.75) is 27.7 Å². The molecule has 2 heteroatoms. The predicted octanol–water partition coefficient (Wildman–Crippen LogP) is 3.48. The highest BCUT2D eigenvalue weighted by molar-refractivity contribution is 5.79. The SMILES string of the molecule is Cc1ccnc(C2=CC(C)C(C)(C)C=N2)c1. The van der Waals surface area contributed by atoms with Gasteiger partial charge in [-0.25, -0.2) is 0 Å². The molecule has 0 amide bonds. The fraction of sp³-hybridized carbons (Fsp3) is 0.429. The number of aromatic nitrogens is 1. The molecule has 0 aliphatic carbocycles. The van der Waals surface area contributed by atoms with E-state index in [4.69, 9.17) is 0 Å². The second-order valence-corrected chi connectivity index (χ2v) is 5.14. The molecule has 0 radical (unpaired) electrons. The molecular weight excluding hydrogens is 196 g/mol. The van der Waals surface area contributed by atoms with Crippen molar-refractivity contribution in [2.24, 2.45) is 16.3 Å². The van der Waals surface area contributed by atoms with Crippen molar-refractivity contribution in [3.63, 3.8) is 0 Å². The van der Waals surface area contributed by atoms with E-state index in [1.165, 1.54) is 5.56 Å². The molecule has 0 aromatic carbocycles. The Hall–Kier alpha value is -1.44. The molecule has 2 rings (SSSR count). The largest absolute Gasteiger partial charge is 0.259 e. The maximum atomic E-state index is 4.52. The molecule has 0 saturated carbocycles. The van der Waals surface area contributed by atoms with Crippen LogP contribution in [0.2, 0.25) is 0 Å². The number of hydrogen-bond donors (Lipinski definition) is 0. The zero-order valence-corrected chi connectivity index (χ0v) is 10.4. The molecule has 0 N–H and O–H groups in total. The highest BCUT2D eigenvalue weighted by Crippen LogP contribution is 2.33. The first-order chi connectivity index (χ1) is 7.49. The average Bonchev–Trinajstić information content (AvgIpc) is 2.22. The van der Waals surface area contributed by atoms with Crippen molar-refractivity contribution in [1.82, 2.24) is 4.98 Å². The third kappa shape index (κ3) is 2.06. The van der Waals surface area contributed by atoms with Crippen LogP contribution in [0.1, 0.15) is 32.0 Å². The average molecular weight is 214 g/mol. The third-order valence-corrected chi connectivity index (χ3v) is 3.30. The molecule has 2 nitrogen and oxygen atoms in total. The van der Waals surface area contributed by atoms with Crippen LogP contribution >= 0.6 is 0 Å². The third-order valence-electron chi connectivity index (χ3n) is 3.30. The lowest BCUT2D eigenvalue weighted by atomic mass is 9.79. The summed E-state index contributed by atoms with van der Waals surface area (Å²) in [6, 6.07) is 4.08. The van der Waals surface area contributed by atoms with Crippen molar-refractivity contribution in [3.8, 4) is 0 Å². The molecule has 0 spiro atoms. The molecular formula is C14H18N2. The number of pyridine rings is 1. The Bertz CT molecular complexity index is 456. The summed E-state index contributed by atoms with van der Waals surface area (Å²) in [6.07, 6.45) is 6.09. The number of aliphatic imine (C=N–C) groups is 1. The van der Waals surface area contributed by atoms with Crippen LogP contribution in [0, 0.1) is 18.3 Å². The van der Waals surface area contributed by atoms with Gasteiger partial charge in [0, 0.05) is 17.8 Å². The summed E-state index contributed by atoms with van der Waals surface area (Å²) in [6.45, 7) is 8.71. The summed E-state index contributed by atoms with van der Waals surface area (Å²) < 4.78 is 0. The molecule has 1 aromatic heterocycles. The van der Waals surface area contributed by atoms with E-state index in [0.717, 1.165) is 11.4 Å². The summed E-state index contributed by atoms with van der Waals surface area (Å²) in [4.78, 5) is 8.88. The molecule has 1 aromatic rings. The lowest BCUT2D eigenvalue weighted by molar-refractivity contribution is 0.409. The lowest BCUT2D eigenvalue weighted by Crippen LogP contribution is -2.24. The van der Waals surface area contributed by atoms with E-state index in [-0.39, 0.29) is 5.41 Å². The van der Waals surface area contributed by atoms with Gasteiger partial charge in [-0.2, -0.15) is 0 Å². The molecule has 1 aliphatic rings. The Labute approximate surface area is 97.1 Å². The molecule has 0 saturated heterocycles. The second kappa shape index (κ2) is 3.85. The van der Waals surface area contributed by atoms with Crippen LogP contribution in [0.4, 0.5) is 0 Å². The molecule has 16 heavy (non-hydrogen) atoms. The fourth-order valence-electron chi connectivity index (χ4n) is 1.68. The second-order valence-electron chi connectivity index (χ2n) is 5.14. The van der Waals surface area contributed by atoms with Crippen LogP contribution in [-0.2, 0) is 0 Å². The fourth-order valence-corrected chi connectivity index (χ4v) is 1.68. The van der Waals surface area contributed by atoms with E-state index in [9.17, 15) is 0 Å². The number of hydrogen-bond acceptors (Lipinski definition) is 2. The Morgan fingerprint density at radius 2 is 2.06 bits per heavy atom. The number of allylic oxidation sites excluding steroid dienone is 1. The Kier molecular flexibility index (Phi) is 2.66. The van der Waals surface area contributed by atoms with Crippen molar-refractivity contribution >= 4 is 11.9 Å². The van der Waals surface area contributed by atoms with Crippen LogP contribution in [0.5, 0.6) is 0 Å². The zero-order chi connectivity index (χ0) is 11.8. The van der Waals surface area contributed by atoms with Gasteiger partial charge in [0.1, 0.15) is 0 Å². The standard InChI is InChI=1S/C14H18N2/c1-10-5-6-15-12(7-10)13-8-11(2)14(3,4)9-16-13/h5-9,11H,1-4H3. The van der Waals surface area contributed by atoms with E-state index < -0.39 is 0 Å². The maximum Gasteiger partial charge on any atom is 0.0885 e. The summed E-state index contributed by atoms with van der Waals surface area (Å²) in [5.74, 6) is 0.488. The molecule has 0 bridgehead atoms. The first-order valence-electron chi connectivity index (χ1n) is 5.69. The van der Waals surface area contributed by atoms with Gasteiger partial charge in [-0.3, -0.25) is 9.98 Å². The monoisotopic (exact) mass is 214 g/mol. The molecule has 2 heterocycles. The summed E-state index contributed by atoms with van der Waals surface area (Å²) >= 11 is 0. The Morgan fingerprint density at radius 3 is 2.69 bits per heavy atom. The first kappa shape index (κ1) is 11.1. The van der Waals surface area contributed by atoms with Gasteiger partial charge in [0.2, 0.25) is 0 Å². The van der Waals surface area contributed by atoms with Crippen molar-refractivity contribution in [3.05, 3.63) is 35.7 Å². The first-order valence-corrected chi connectivity index (χ1v) is 5.69. The van der Waals surface area contributed by atoms with Crippen LogP contribution < -0.4 is 0 Å². The molecule has 0 fully saturated rings. The summed E-state index contributed by atoms with van der Waals surface area (Å²) in [7, 11) is 0. The normalized spacial score (nSPS) is 23.0. The van der Waals surface area contributed by atoms with Crippen molar-refractivity contribution in [2.75, 3.05) is 0 Å². The van der Waals surface area contributed by atoms with E-state index in [1.54, 1.807) is 0 Å². The van der Waals surface area contributed by atoms with Gasteiger partial charge in [-0.15, -0.1) is 0 Å². The summed E-state index contributed by atoms with van der Waals surface area (Å²) in [5, 5.41) is 0.